The van der Waals surface area contributed by atoms with Gasteiger partial charge in [-0.3, -0.25) is 4.79 Å². The lowest BCUT2D eigenvalue weighted by Crippen LogP contribution is -2.30. The van der Waals surface area contributed by atoms with Crippen molar-refractivity contribution in [2.45, 2.75) is 38.1 Å². The van der Waals surface area contributed by atoms with Gasteiger partial charge >= 0.3 is 0 Å². The van der Waals surface area contributed by atoms with Crippen LogP contribution in [0.4, 0.5) is 5.82 Å². The molecule has 2 heterocycles. The molecule has 0 bridgehead atoms. The topological polar surface area (TPSA) is 79.4 Å². The Hall–Kier alpha value is -2.67. The number of methoxy groups -OCH3 is 1. The van der Waals surface area contributed by atoms with E-state index in [2.05, 4.69) is 15.6 Å². The molecule has 0 aliphatic carbocycles. The molecule has 0 radical (unpaired) electrons. The lowest BCUT2D eigenvalue weighted by molar-refractivity contribution is -0.130. The number of ether oxygens (including phenoxy) is 1. The Balaban J connectivity index is 1.60. The maximum atomic E-state index is 12.6. The van der Waals surface area contributed by atoms with Crippen LogP contribution in [0.25, 0.3) is 0 Å². The number of benzene rings is 1. The van der Waals surface area contributed by atoms with E-state index in [0.29, 0.717) is 25.3 Å². The van der Waals surface area contributed by atoms with Gasteiger partial charge < -0.3 is 20.3 Å². The van der Waals surface area contributed by atoms with Gasteiger partial charge in [0.15, 0.2) is 0 Å². The number of carbonyl (C=O) groups is 1. The van der Waals surface area contributed by atoms with Crippen LogP contribution < -0.4 is 15.4 Å². The highest BCUT2D eigenvalue weighted by Crippen LogP contribution is 2.22. The monoisotopic (exact) mass is 397 g/mol. The fourth-order valence-electron chi connectivity index (χ4n) is 3.55. The van der Waals surface area contributed by atoms with E-state index < -0.39 is 0 Å². The van der Waals surface area contributed by atoms with Crippen molar-refractivity contribution < 1.29 is 9.53 Å². The van der Waals surface area contributed by atoms with Crippen molar-refractivity contribution in [2.75, 3.05) is 39.6 Å². The van der Waals surface area contributed by atoms with Crippen molar-refractivity contribution in [2.24, 2.45) is 0 Å². The number of aryl methyl sites for hydroxylation is 1. The number of piperidine rings is 1. The zero-order valence-corrected chi connectivity index (χ0v) is 17.6. The summed E-state index contributed by atoms with van der Waals surface area (Å²) in [7, 11) is 5.34. The summed E-state index contributed by atoms with van der Waals surface area (Å²) in [5, 5.41) is 6.54. The number of aromatic nitrogens is 2. The maximum absolute atomic E-state index is 12.6. The quantitative estimate of drug-likeness (QED) is 0.713. The number of nitrogens with zero attached hydrogens (tertiary/aromatic N) is 3. The highest BCUT2D eigenvalue weighted by Gasteiger charge is 2.20. The van der Waals surface area contributed by atoms with E-state index in [9.17, 15) is 4.79 Å². The third kappa shape index (κ3) is 5.90. The predicted octanol–water partition coefficient (Wildman–Crippen LogP) is 2.59. The van der Waals surface area contributed by atoms with E-state index >= 15 is 0 Å². The first-order chi connectivity index (χ1) is 14.1. The summed E-state index contributed by atoms with van der Waals surface area (Å²) < 4.78 is 5.18. The van der Waals surface area contributed by atoms with Crippen LogP contribution in [0.5, 0.6) is 5.75 Å². The Morgan fingerprint density at radius 3 is 2.76 bits per heavy atom. The van der Waals surface area contributed by atoms with Crippen LogP contribution in [0.15, 0.2) is 30.3 Å². The fraction of sp³-hybridized carbons (Fsp3) is 0.500. The number of rotatable bonds is 8. The minimum absolute atomic E-state index is 0.103. The van der Waals surface area contributed by atoms with Crippen LogP contribution in [-0.2, 0) is 17.8 Å². The molecule has 1 amide bonds. The lowest BCUT2D eigenvalue weighted by Gasteiger charge is -2.23. The van der Waals surface area contributed by atoms with Gasteiger partial charge in [0.1, 0.15) is 17.4 Å². The van der Waals surface area contributed by atoms with Crippen LogP contribution in [0.3, 0.4) is 0 Å². The Bertz CT molecular complexity index is 803. The average Bonchev–Trinajstić information content (AvgIpc) is 2.78. The zero-order valence-electron chi connectivity index (χ0n) is 17.6. The molecule has 0 unspecified atom stereocenters. The van der Waals surface area contributed by atoms with Gasteiger partial charge in [-0.1, -0.05) is 12.1 Å². The van der Waals surface area contributed by atoms with E-state index in [1.807, 2.05) is 44.4 Å². The lowest BCUT2D eigenvalue weighted by atomic mass is 9.99. The summed E-state index contributed by atoms with van der Waals surface area (Å²) in [6, 6.07) is 9.77. The molecule has 7 heteroatoms. The van der Waals surface area contributed by atoms with Gasteiger partial charge in [-0.15, -0.1) is 0 Å². The Morgan fingerprint density at radius 2 is 2.10 bits per heavy atom. The molecular weight excluding hydrogens is 366 g/mol. The SMILES string of the molecule is CNc1cc(CN(C)C(=O)CCc2ccc(OC)cc2)nc([C@H]2CCCNC2)n1. The van der Waals surface area contributed by atoms with E-state index in [1.165, 1.54) is 0 Å². The number of nitrogens with one attached hydrogen (secondary N) is 2. The van der Waals surface area contributed by atoms with Gasteiger partial charge in [0, 0.05) is 39.0 Å². The predicted molar refractivity (Wildman–Crippen MR) is 114 cm³/mol. The highest BCUT2D eigenvalue weighted by atomic mass is 16.5. The Morgan fingerprint density at radius 1 is 1.31 bits per heavy atom. The number of amides is 1. The van der Waals surface area contributed by atoms with Gasteiger partial charge in [0.25, 0.3) is 0 Å². The molecule has 2 N–H and O–H groups in total. The molecule has 7 nitrogen and oxygen atoms in total. The Labute approximate surface area is 172 Å². The molecule has 1 aliphatic heterocycles. The van der Waals surface area contributed by atoms with Crippen molar-refractivity contribution in [3.8, 4) is 5.75 Å². The molecule has 1 aromatic heterocycles. The average molecular weight is 398 g/mol. The van der Waals surface area contributed by atoms with Gasteiger partial charge in [-0.05, 0) is 43.5 Å². The number of anilines is 1. The summed E-state index contributed by atoms with van der Waals surface area (Å²) in [6.07, 6.45) is 3.40. The van der Waals surface area contributed by atoms with Crippen molar-refractivity contribution in [3.63, 3.8) is 0 Å². The summed E-state index contributed by atoms with van der Waals surface area (Å²) in [5.41, 5.74) is 1.99. The second kappa shape index (κ2) is 10.2. The summed E-state index contributed by atoms with van der Waals surface area (Å²) in [4.78, 5) is 23.8. The van der Waals surface area contributed by atoms with Crippen LogP contribution >= 0.6 is 0 Å². The minimum atomic E-state index is 0.103. The van der Waals surface area contributed by atoms with Crippen LogP contribution in [0.2, 0.25) is 0 Å². The number of carbonyl (C=O) groups excluding carboxylic acids is 1. The molecule has 1 aliphatic rings. The van der Waals surface area contributed by atoms with Crippen molar-refractivity contribution in [1.29, 1.82) is 0 Å². The Kier molecular flexibility index (Phi) is 7.41. The zero-order chi connectivity index (χ0) is 20.6. The molecule has 1 saturated heterocycles. The van der Waals surface area contributed by atoms with Crippen LogP contribution in [0, 0.1) is 0 Å². The minimum Gasteiger partial charge on any atom is -0.497 e. The molecule has 1 atom stereocenters. The van der Waals surface area contributed by atoms with E-state index in [4.69, 9.17) is 9.72 Å². The van der Waals surface area contributed by atoms with Gasteiger partial charge in [0.2, 0.25) is 5.91 Å². The molecule has 3 rings (SSSR count). The molecular formula is C22H31N5O2. The normalized spacial score (nSPS) is 16.3. The summed E-state index contributed by atoms with van der Waals surface area (Å²) in [6.45, 7) is 2.44. The van der Waals surface area contributed by atoms with E-state index in [0.717, 1.165) is 54.6 Å². The third-order valence-electron chi connectivity index (χ3n) is 5.33. The maximum Gasteiger partial charge on any atom is 0.222 e. The summed E-state index contributed by atoms with van der Waals surface area (Å²) in [5.74, 6) is 2.91. The van der Waals surface area contributed by atoms with Crippen molar-refractivity contribution in [3.05, 3.63) is 47.4 Å². The first-order valence-corrected chi connectivity index (χ1v) is 10.2. The molecule has 29 heavy (non-hydrogen) atoms. The third-order valence-corrected chi connectivity index (χ3v) is 5.33. The summed E-state index contributed by atoms with van der Waals surface area (Å²) >= 11 is 0. The number of hydrogen-bond acceptors (Lipinski definition) is 6. The van der Waals surface area contributed by atoms with Gasteiger partial charge in [-0.25, -0.2) is 9.97 Å². The number of hydrogen-bond donors (Lipinski definition) is 2. The largest absolute Gasteiger partial charge is 0.497 e. The van der Waals surface area contributed by atoms with E-state index in [1.54, 1.807) is 12.0 Å². The second-order valence-corrected chi connectivity index (χ2v) is 7.49. The van der Waals surface area contributed by atoms with E-state index in [-0.39, 0.29) is 5.91 Å². The van der Waals surface area contributed by atoms with Crippen LogP contribution in [0.1, 0.15) is 42.3 Å². The first kappa shape index (κ1) is 21.0. The van der Waals surface area contributed by atoms with Gasteiger partial charge in [0.05, 0.1) is 19.3 Å². The molecule has 2 aromatic rings. The molecule has 0 saturated carbocycles. The molecule has 1 aromatic carbocycles. The first-order valence-electron chi connectivity index (χ1n) is 10.2. The standard InChI is InChI=1S/C22H31N5O2/c1-23-20-13-18(25-22(26-20)17-5-4-12-24-14-17)15-27(2)21(28)11-8-16-6-9-19(29-3)10-7-16/h6-7,9-10,13,17,24H,4-5,8,11-12,14-15H2,1-3H3,(H,23,25,26)/t17-/m0/s1. The smallest absolute Gasteiger partial charge is 0.222 e. The van der Waals surface area contributed by atoms with Crippen molar-refractivity contribution >= 4 is 11.7 Å². The van der Waals surface area contributed by atoms with Crippen LogP contribution in [-0.4, -0.2) is 55.1 Å². The molecule has 156 valence electrons. The molecule has 0 spiro atoms. The second-order valence-electron chi connectivity index (χ2n) is 7.49. The fourth-order valence-corrected chi connectivity index (χ4v) is 3.55. The van der Waals surface area contributed by atoms with Gasteiger partial charge in [-0.2, -0.15) is 0 Å². The van der Waals surface area contributed by atoms with Crippen molar-refractivity contribution in [1.82, 2.24) is 20.2 Å². The highest BCUT2D eigenvalue weighted by molar-refractivity contribution is 5.76. The molecule has 1 fully saturated rings.